The summed E-state index contributed by atoms with van der Waals surface area (Å²) in [5, 5.41) is 10.5. The average molecular weight is 300 g/mol. The molecule has 0 aromatic carbocycles. The van der Waals surface area contributed by atoms with E-state index in [-0.39, 0.29) is 5.92 Å². The molecule has 2 aromatic heterocycles. The van der Waals surface area contributed by atoms with Gasteiger partial charge < -0.3 is 14.7 Å². The number of rotatable bonds is 4. The largest absolute Gasteiger partial charge is 0.467 e. The maximum atomic E-state index is 10.5. The molecule has 0 aliphatic carbocycles. The Bertz CT molecular complexity index is 583. The number of anilines is 1. The van der Waals surface area contributed by atoms with Crippen molar-refractivity contribution in [2.24, 2.45) is 5.92 Å². The first-order valence-corrected chi connectivity index (χ1v) is 7.47. The molecule has 1 aliphatic rings. The van der Waals surface area contributed by atoms with Crippen LogP contribution in [0, 0.1) is 5.92 Å². The molecule has 1 aliphatic heterocycles. The van der Waals surface area contributed by atoms with Crippen LogP contribution in [0.15, 0.2) is 36.9 Å². The van der Waals surface area contributed by atoms with Gasteiger partial charge in [-0.3, -0.25) is 4.98 Å². The molecule has 3 rings (SSSR count). The standard InChI is InChI=1S/C16H20N4O2/c1-22-16-18-10-14(11-19-16)20-7-4-12(5-8-20)15(21)13-3-2-6-17-9-13/h2-3,6,9-12,15,21H,4-5,7-8H2,1H3/t15-/m0/s1. The predicted octanol–water partition coefficient (Wildman–Crippen LogP) is 1.83. The van der Waals surface area contributed by atoms with Gasteiger partial charge in [-0.05, 0) is 30.4 Å². The highest BCUT2D eigenvalue weighted by molar-refractivity contribution is 5.42. The molecule has 0 amide bonds. The second-order valence-corrected chi connectivity index (χ2v) is 5.48. The van der Waals surface area contributed by atoms with Crippen molar-refractivity contribution >= 4 is 5.69 Å². The minimum Gasteiger partial charge on any atom is -0.467 e. The molecule has 0 radical (unpaired) electrons. The molecular formula is C16H20N4O2. The Morgan fingerprint density at radius 2 is 1.95 bits per heavy atom. The fraction of sp³-hybridized carbons (Fsp3) is 0.438. The van der Waals surface area contributed by atoms with E-state index in [0.717, 1.165) is 37.2 Å². The average Bonchev–Trinajstić information content (AvgIpc) is 2.62. The van der Waals surface area contributed by atoms with E-state index in [1.165, 1.54) is 0 Å². The van der Waals surface area contributed by atoms with Gasteiger partial charge >= 0.3 is 6.01 Å². The third kappa shape index (κ3) is 3.17. The molecule has 6 heteroatoms. The Balaban J connectivity index is 1.60. The van der Waals surface area contributed by atoms with Crippen LogP contribution in [0.4, 0.5) is 5.69 Å². The summed E-state index contributed by atoms with van der Waals surface area (Å²) < 4.78 is 4.97. The van der Waals surface area contributed by atoms with Crippen molar-refractivity contribution in [1.29, 1.82) is 0 Å². The minimum atomic E-state index is -0.442. The Hall–Kier alpha value is -2.21. The Kier molecular flexibility index (Phi) is 4.48. The maximum Gasteiger partial charge on any atom is 0.316 e. The normalized spacial score (nSPS) is 17.3. The van der Waals surface area contributed by atoms with Crippen LogP contribution in [0.5, 0.6) is 6.01 Å². The van der Waals surface area contributed by atoms with Gasteiger partial charge in [0.1, 0.15) is 0 Å². The molecule has 1 atom stereocenters. The fourth-order valence-electron chi connectivity index (χ4n) is 2.87. The SMILES string of the molecule is COc1ncc(N2CCC([C@H](O)c3cccnc3)CC2)cn1. The number of hydrogen-bond acceptors (Lipinski definition) is 6. The van der Waals surface area contributed by atoms with Crippen molar-refractivity contribution in [3.05, 3.63) is 42.5 Å². The van der Waals surface area contributed by atoms with Gasteiger partial charge in [-0.25, -0.2) is 9.97 Å². The first-order chi connectivity index (χ1) is 10.8. The van der Waals surface area contributed by atoms with Crippen molar-refractivity contribution in [3.8, 4) is 6.01 Å². The van der Waals surface area contributed by atoms with Gasteiger partial charge in [0.2, 0.25) is 0 Å². The van der Waals surface area contributed by atoms with Crippen molar-refractivity contribution in [3.63, 3.8) is 0 Å². The van der Waals surface area contributed by atoms with E-state index in [1.54, 1.807) is 31.9 Å². The van der Waals surface area contributed by atoms with Crippen molar-refractivity contribution in [1.82, 2.24) is 15.0 Å². The summed E-state index contributed by atoms with van der Waals surface area (Å²) in [5.74, 6) is 0.264. The maximum absolute atomic E-state index is 10.5. The van der Waals surface area contributed by atoms with E-state index in [0.29, 0.717) is 6.01 Å². The lowest BCUT2D eigenvalue weighted by Gasteiger charge is -2.35. The second-order valence-electron chi connectivity index (χ2n) is 5.48. The fourth-order valence-corrected chi connectivity index (χ4v) is 2.87. The van der Waals surface area contributed by atoms with Crippen LogP contribution in [0.1, 0.15) is 24.5 Å². The number of aliphatic hydroxyl groups is 1. The van der Waals surface area contributed by atoms with Crippen LogP contribution in [0.25, 0.3) is 0 Å². The monoisotopic (exact) mass is 300 g/mol. The van der Waals surface area contributed by atoms with Gasteiger partial charge in [0.15, 0.2) is 0 Å². The first kappa shape index (κ1) is 14.7. The predicted molar refractivity (Wildman–Crippen MR) is 82.7 cm³/mol. The van der Waals surface area contributed by atoms with E-state index in [1.807, 2.05) is 12.1 Å². The molecule has 1 saturated heterocycles. The summed E-state index contributed by atoms with van der Waals surface area (Å²) in [6, 6.07) is 4.18. The van der Waals surface area contributed by atoms with Gasteiger partial charge in [0.25, 0.3) is 0 Å². The summed E-state index contributed by atoms with van der Waals surface area (Å²) in [4.78, 5) is 14.6. The van der Waals surface area contributed by atoms with Crippen molar-refractivity contribution < 1.29 is 9.84 Å². The molecule has 2 aromatic rings. The highest BCUT2D eigenvalue weighted by atomic mass is 16.5. The van der Waals surface area contributed by atoms with Crippen LogP contribution in [0.2, 0.25) is 0 Å². The number of hydrogen-bond donors (Lipinski definition) is 1. The van der Waals surface area contributed by atoms with Gasteiger partial charge in [0.05, 0.1) is 31.3 Å². The van der Waals surface area contributed by atoms with Gasteiger partial charge in [-0.2, -0.15) is 0 Å². The number of ether oxygens (including phenoxy) is 1. The zero-order valence-corrected chi connectivity index (χ0v) is 12.6. The third-order valence-corrected chi connectivity index (χ3v) is 4.17. The van der Waals surface area contributed by atoms with Crippen molar-refractivity contribution in [2.75, 3.05) is 25.1 Å². The Morgan fingerprint density at radius 3 is 2.55 bits per heavy atom. The van der Waals surface area contributed by atoms with E-state index in [9.17, 15) is 5.11 Å². The molecule has 1 N–H and O–H groups in total. The van der Waals surface area contributed by atoms with Gasteiger partial charge in [-0.15, -0.1) is 0 Å². The van der Waals surface area contributed by atoms with Crippen molar-refractivity contribution in [2.45, 2.75) is 18.9 Å². The van der Waals surface area contributed by atoms with E-state index in [4.69, 9.17) is 4.74 Å². The second kappa shape index (κ2) is 6.70. The minimum absolute atomic E-state index is 0.264. The van der Waals surface area contributed by atoms with E-state index >= 15 is 0 Å². The van der Waals surface area contributed by atoms with Crippen LogP contribution in [0.3, 0.4) is 0 Å². The number of methoxy groups -OCH3 is 1. The lowest BCUT2D eigenvalue weighted by molar-refractivity contribution is 0.0926. The molecule has 6 nitrogen and oxygen atoms in total. The molecule has 0 spiro atoms. The highest BCUT2D eigenvalue weighted by Crippen LogP contribution is 2.31. The first-order valence-electron chi connectivity index (χ1n) is 7.47. The van der Waals surface area contributed by atoms with Gasteiger partial charge in [0, 0.05) is 25.5 Å². The molecule has 1 fully saturated rings. The number of aromatic nitrogens is 3. The Labute approximate surface area is 129 Å². The van der Waals surface area contributed by atoms with Gasteiger partial charge in [-0.1, -0.05) is 6.07 Å². The highest BCUT2D eigenvalue weighted by Gasteiger charge is 2.26. The molecule has 3 heterocycles. The summed E-state index contributed by atoms with van der Waals surface area (Å²) in [6.07, 6.45) is 8.46. The zero-order valence-electron chi connectivity index (χ0n) is 12.6. The summed E-state index contributed by atoms with van der Waals surface area (Å²) in [6.45, 7) is 1.77. The molecule has 22 heavy (non-hydrogen) atoms. The van der Waals surface area contributed by atoms with Crippen LogP contribution in [-0.2, 0) is 0 Å². The molecule has 0 saturated carbocycles. The quantitative estimate of drug-likeness (QED) is 0.929. The molecule has 116 valence electrons. The number of nitrogens with zero attached hydrogens (tertiary/aromatic N) is 4. The number of pyridine rings is 1. The third-order valence-electron chi connectivity index (χ3n) is 4.17. The molecule has 0 bridgehead atoms. The van der Waals surface area contributed by atoms with Crippen LogP contribution >= 0.6 is 0 Å². The lowest BCUT2D eigenvalue weighted by Crippen LogP contribution is -2.35. The zero-order chi connectivity index (χ0) is 15.4. The molecular weight excluding hydrogens is 280 g/mol. The Morgan fingerprint density at radius 1 is 1.23 bits per heavy atom. The van der Waals surface area contributed by atoms with E-state index < -0.39 is 6.10 Å². The molecule has 0 unspecified atom stereocenters. The topological polar surface area (TPSA) is 71.4 Å². The summed E-state index contributed by atoms with van der Waals surface area (Å²) >= 11 is 0. The summed E-state index contributed by atoms with van der Waals surface area (Å²) in [7, 11) is 1.56. The van der Waals surface area contributed by atoms with Crippen LogP contribution < -0.4 is 9.64 Å². The summed E-state index contributed by atoms with van der Waals surface area (Å²) in [5.41, 5.74) is 1.89. The van der Waals surface area contributed by atoms with Crippen LogP contribution in [-0.4, -0.2) is 40.3 Å². The number of piperidine rings is 1. The van der Waals surface area contributed by atoms with E-state index in [2.05, 4.69) is 19.9 Å². The lowest BCUT2D eigenvalue weighted by atomic mass is 9.88. The smallest absolute Gasteiger partial charge is 0.316 e. The number of aliphatic hydroxyl groups excluding tert-OH is 1.